The highest BCUT2D eigenvalue weighted by molar-refractivity contribution is 5.96. The second kappa shape index (κ2) is 6.51. The number of ether oxygens (including phenoxy) is 1. The summed E-state index contributed by atoms with van der Waals surface area (Å²) in [6, 6.07) is 14.3. The highest BCUT2D eigenvalue weighted by Gasteiger charge is 2.23. The average molecular weight is 308 g/mol. The van der Waals surface area contributed by atoms with Gasteiger partial charge < -0.3 is 14.7 Å². The summed E-state index contributed by atoms with van der Waals surface area (Å²) in [5.41, 5.74) is 2.40. The Kier molecular flexibility index (Phi) is 4.26. The van der Waals surface area contributed by atoms with Crippen molar-refractivity contribution in [3.63, 3.8) is 0 Å². The SMILES string of the molecule is N#Cc1ccccc1C(=O)N1CCOc2ccc(CO)cc2C1. The fourth-order valence-electron chi connectivity index (χ4n) is 2.66. The van der Waals surface area contributed by atoms with Crippen molar-refractivity contribution in [2.75, 3.05) is 13.2 Å². The van der Waals surface area contributed by atoms with Crippen LogP contribution in [-0.2, 0) is 13.2 Å². The van der Waals surface area contributed by atoms with Crippen LogP contribution in [0.25, 0.3) is 0 Å². The van der Waals surface area contributed by atoms with E-state index in [0.717, 1.165) is 16.9 Å². The van der Waals surface area contributed by atoms with Crippen molar-refractivity contribution >= 4 is 5.91 Å². The number of benzene rings is 2. The fraction of sp³-hybridized carbons (Fsp3) is 0.222. The summed E-state index contributed by atoms with van der Waals surface area (Å²) in [7, 11) is 0. The molecule has 23 heavy (non-hydrogen) atoms. The maximum Gasteiger partial charge on any atom is 0.255 e. The van der Waals surface area contributed by atoms with E-state index in [0.29, 0.717) is 30.8 Å². The zero-order valence-electron chi connectivity index (χ0n) is 12.5. The first-order chi connectivity index (χ1) is 11.2. The molecule has 0 saturated heterocycles. The van der Waals surface area contributed by atoms with Crippen LogP contribution < -0.4 is 4.74 Å². The number of aliphatic hydroxyl groups is 1. The third kappa shape index (κ3) is 3.03. The van der Waals surface area contributed by atoms with E-state index in [4.69, 9.17) is 4.74 Å². The monoisotopic (exact) mass is 308 g/mol. The molecule has 5 heteroatoms. The Balaban J connectivity index is 1.91. The van der Waals surface area contributed by atoms with E-state index in [1.54, 1.807) is 35.2 Å². The Bertz CT molecular complexity index is 780. The number of carbonyl (C=O) groups is 1. The van der Waals surface area contributed by atoms with E-state index >= 15 is 0 Å². The van der Waals surface area contributed by atoms with E-state index in [1.807, 2.05) is 12.1 Å². The minimum Gasteiger partial charge on any atom is -0.491 e. The molecule has 0 saturated carbocycles. The molecule has 0 unspecified atom stereocenters. The van der Waals surface area contributed by atoms with Crippen molar-refractivity contribution in [2.45, 2.75) is 13.2 Å². The number of nitrogens with zero attached hydrogens (tertiary/aromatic N) is 2. The molecule has 0 radical (unpaired) electrons. The van der Waals surface area contributed by atoms with Gasteiger partial charge in [-0.15, -0.1) is 0 Å². The topological polar surface area (TPSA) is 73.6 Å². The third-order valence-electron chi connectivity index (χ3n) is 3.85. The molecule has 5 nitrogen and oxygen atoms in total. The third-order valence-corrected chi connectivity index (χ3v) is 3.85. The standard InChI is InChI=1S/C18H16N2O3/c19-10-14-3-1-2-4-16(14)18(22)20-7-8-23-17-6-5-13(12-21)9-15(17)11-20/h1-6,9,21H,7-8,11-12H2. The normalized spacial score (nSPS) is 13.5. The molecule has 2 aromatic rings. The lowest BCUT2D eigenvalue weighted by Gasteiger charge is -2.20. The summed E-state index contributed by atoms with van der Waals surface area (Å²) in [6.45, 7) is 1.17. The van der Waals surface area contributed by atoms with Crippen LogP contribution in [-0.4, -0.2) is 29.1 Å². The van der Waals surface area contributed by atoms with Crippen molar-refractivity contribution in [3.05, 3.63) is 64.7 Å². The van der Waals surface area contributed by atoms with Crippen LogP contribution in [0.4, 0.5) is 0 Å². The number of hydrogen-bond acceptors (Lipinski definition) is 4. The number of fused-ring (bicyclic) bond motifs is 1. The molecular formula is C18H16N2O3. The van der Waals surface area contributed by atoms with Gasteiger partial charge in [0.05, 0.1) is 30.3 Å². The van der Waals surface area contributed by atoms with E-state index in [2.05, 4.69) is 6.07 Å². The van der Waals surface area contributed by atoms with Gasteiger partial charge >= 0.3 is 0 Å². The lowest BCUT2D eigenvalue weighted by molar-refractivity contribution is 0.0733. The average Bonchev–Trinajstić information content (AvgIpc) is 2.82. The summed E-state index contributed by atoms with van der Waals surface area (Å²) in [5, 5.41) is 18.4. The van der Waals surface area contributed by atoms with Crippen molar-refractivity contribution in [3.8, 4) is 11.8 Å². The summed E-state index contributed by atoms with van der Waals surface area (Å²) in [4.78, 5) is 14.4. The lowest BCUT2D eigenvalue weighted by atomic mass is 10.1. The Morgan fingerprint density at radius 1 is 1.30 bits per heavy atom. The zero-order chi connectivity index (χ0) is 16.2. The lowest BCUT2D eigenvalue weighted by Crippen LogP contribution is -2.33. The van der Waals surface area contributed by atoms with Crippen molar-refractivity contribution < 1.29 is 14.6 Å². The number of amides is 1. The summed E-state index contributed by atoms with van der Waals surface area (Å²) >= 11 is 0. The van der Waals surface area contributed by atoms with Gasteiger partial charge in [0, 0.05) is 12.1 Å². The first-order valence-electron chi connectivity index (χ1n) is 7.37. The molecule has 1 aliphatic rings. The predicted molar refractivity (Wildman–Crippen MR) is 83.8 cm³/mol. The molecule has 2 aromatic carbocycles. The first kappa shape index (κ1) is 15.1. The summed E-state index contributed by atoms with van der Waals surface area (Å²) < 4.78 is 5.68. The molecule has 0 spiro atoms. The molecule has 0 aliphatic carbocycles. The van der Waals surface area contributed by atoms with E-state index in [1.165, 1.54) is 0 Å². The second-order valence-electron chi connectivity index (χ2n) is 5.33. The predicted octanol–water partition coefficient (Wildman–Crippen LogP) is 2.09. The van der Waals surface area contributed by atoms with Gasteiger partial charge in [-0.1, -0.05) is 18.2 Å². The van der Waals surface area contributed by atoms with Gasteiger partial charge in [-0.2, -0.15) is 5.26 Å². The zero-order valence-corrected chi connectivity index (χ0v) is 12.5. The molecular weight excluding hydrogens is 292 g/mol. The van der Waals surface area contributed by atoms with Crippen LogP contribution in [0.2, 0.25) is 0 Å². The van der Waals surface area contributed by atoms with E-state index in [9.17, 15) is 15.2 Å². The minimum absolute atomic E-state index is 0.0571. The number of aliphatic hydroxyl groups excluding tert-OH is 1. The van der Waals surface area contributed by atoms with Crippen LogP contribution >= 0.6 is 0 Å². The maximum atomic E-state index is 12.8. The van der Waals surface area contributed by atoms with Crippen molar-refractivity contribution in [1.82, 2.24) is 4.90 Å². The van der Waals surface area contributed by atoms with Crippen LogP contribution in [0.3, 0.4) is 0 Å². The fourth-order valence-corrected chi connectivity index (χ4v) is 2.66. The van der Waals surface area contributed by atoms with E-state index < -0.39 is 0 Å². The van der Waals surface area contributed by atoms with Gasteiger partial charge in [-0.25, -0.2) is 0 Å². The van der Waals surface area contributed by atoms with Gasteiger partial charge in [0.15, 0.2) is 0 Å². The molecule has 0 bridgehead atoms. The summed E-state index contributed by atoms with van der Waals surface area (Å²) in [5.74, 6) is 0.541. The number of hydrogen-bond donors (Lipinski definition) is 1. The molecule has 116 valence electrons. The van der Waals surface area contributed by atoms with Crippen molar-refractivity contribution in [2.24, 2.45) is 0 Å². The molecule has 0 fully saturated rings. The summed E-state index contributed by atoms with van der Waals surface area (Å²) in [6.07, 6.45) is 0. The van der Waals surface area contributed by atoms with Gasteiger partial charge in [0.2, 0.25) is 0 Å². The van der Waals surface area contributed by atoms with E-state index in [-0.39, 0.29) is 12.5 Å². The van der Waals surface area contributed by atoms with Crippen LogP contribution in [0.15, 0.2) is 42.5 Å². The molecule has 1 amide bonds. The second-order valence-corrected chi connectivity index (χ2v) is 5.33. The number of carbonyl (C=O) groups excluding carboxylic acids is 1. The molecule has 1 heterocycles. The van der Waals surface area contributed by atoms with Crippen molar-refractivity contribution in [1.29, 1.82) is 5.26 Å². The largest absolute Gasteiger partial charge is 0.491 e. The van der Waals surface area contributed by atoms with Gasteiger partial charge in [0.25, 0.3) is 5.91 Å². The van der Waals surface area contributed by atoms with Gasteiger partial charge in [-0.3, -0.25) is 4.79 Å². The Morgan fingerprint density at radius 2 is 2.13 bits per heavy atom. The molecule has 0 aromatic heterocycles. The first-order valence-corrected chi connectivity index (χ1v) is 7.37. The Labute approximate surface area is 134 Å². The van der Waals surface area contributed by atoms with Gasteiger partial charge in [-0.05, 0) is 29.8 Å². The highest BCUT2D eigenvalue weighted by atomic mass is 16.5. The smallest absolute Gasteiger partial charge is 0.255 e. The Morgan fingerprint density at radius 3 is 2.91 bits per heavy atom. The molecule has 0 atom stereocenters. The van der Waals surface area contributed by atoms with Gasteiger partial charge in [0.1, 0.15) is 12.4 Å². The quantitative estimate of drug-likeness (QED) is 0.922. The molecule has 1 aliphatic heterocycles. The Hall–Kier alpha value is -2.84. The maximum absolute atomic E-state index is 12.8. The highest BCUT2D eigenvalue weighted by Crippen LogP contribution is 2.25. The molecule has 1 N–H and O–H groups in total. The molecule has 3 rings (SSSR count). The number of rotatable bonds is 2. The van der Waals surface area contributed by atoms with Crippen LogP contribution in [0, 0.1) is 11.3 Å². The number of nitriles is 1. The van der Waals surface area contributed by atoms with Crippen LogP contribution in [0.1, 0.15) is 27.0 Å². The minimum atomic E-state index is -0.187. The van der Waals surface area contributed by atoms with Crippen LogP contribution in [0.5, 0.6) is 5.75 Å².